The van der Waals surface area contributed by atoms with Gasteiger partial charge in [-0.1, -0.05) is 0 Å². The molecular formula is C11H9N5. The predicted octanol–water partition coefficient (Wildman–Crippen LogP) is 1.37. The second-order valence-corrected chi connectivity index (χ2v) is 3.40. The summed E-state index contributed by atoms with van der Waals surface area (Å²) in [6.45, 7) is 0. The first-order chi connectivity index (χ1) is 7.84. The van der Waals surface area contributed by atoms with Crippen molar-refractivity contribution < 1.29 is 0 Å². The van der Waals surface area contributed by atoms with Crippen LogP contribution in [0.25, 0.3) is 17.0 Å². The minimum atomic E-state index is 0.497. The van der Waals surface area contributed by atoms with Gasteiger partial charge in [-0.05, 0) is 18.2 Å². The molecule has 0 bridgehead atoms. The lowest BCUT2D eigenvalue weighted by atomic mass is 10.2. The van der Waals surface area contributed by atoms with Gasteiger partial charge in [0, 0.05) is 24.2 Å². The summed E-state index contributed by atoms with van der Waals surface area (Å²) in [6, 6.07) is 5.58. The molecule has 0 amide bonds. The second kappa shape index (κ2) is 3.30. The van der Waals surface area contributed by atoms with E-state index in [-0.39, 0.29) is 0 Å². The Hall–Kier alpha value is -2.43. The Morgan fingerprint density at radius 1 is 1.12 bits per heavy atom. The number of imidazole rings is 1. The third-order valence-electron chi connectivity index (χ3n) is 2.37. The van der Waals surface area contributed by atoms with Gasteiger partial charge in [-0.15, -0.1) is 0 Å². The monoisotopic (exact) mass is 211 g/mol. The minimum Gasteiger partial charge on any atom is -0.384 e. The summed E-state index contributed by atoms with van der Waals surface area (Å²) >= 11 is 0. The van der Waals surface area contributed by atoms with Crippen molar-refractivity contribution in [3.63, 3.8) is 0 Å². The van der Waals surface area contributed by atoms with Crippen LogP contribution in [0.4, 0.5) is 5.82 Å². The van der Waals surface area contributed by atoms with Gasteiger partial charge >= 0.3 is 0 Å². The Morgan fingerprint density at radius 2 is 2.06 bits per heavy atom. The van der Waals surface area contributed by atoms with E-state index in [2.05, 4.69) is 15.0 Å². The number of anilines is 1. The maximum Gasteiger partial charge on any atom is 0.234 e. The van der Waals surface area contributed by atoms with Gasteiger partial charge in [-0.25, -0.2) is 15.0 Å². The number of pyridine rings is 1. The summed E-state index contributed by atoms with van der Waals surface area (Å²) < 4.78 is 1.91. The molecule has 0 atom stereocenters. The summed E-state index contributed by atoms with van der Waals surface area (Å²) in [5.41, 5.74) is 7.59. The van der Waals surface area contributed by atoms with E-state index >= 15 is 0 Å². The van der Waals surface area contributed by atoms with Crippen molar-refractivity contribution in [3.05, 3.63) is 43.0 Å². The second-order valence-electron chi connectivity index (χ2n) is 3.40. The van der Waals surface area contributed by atoms with Gasteiger partial charge in [-0.3, -0.25) is 4.40 Å². The fourth-order valence-electron chi connectivity index (χ4n) is 1.65. The van der Waals surface area contributed by atoms with Crippen molar-refractivity contribution in [1.29, 1.82) is 0 Å². The van der Waals surface area contributed by atoms with Crippen LogP contribution in [0.15, 0.2) is 43.0 Å². The molecule has 3 heterocycles. The van der Waals surface area contributed by atoms with E-state index in [1.807, 2.05) is 28.8 Å². The lowest BCUT2D eigenvalue weighted by Gasteiger charge is -2.01. The molecule has 0 aliphatic heterocycles. The fourth-order valence-corrected chi connectivity index (χ4v) is 1.65. The highest BCUT2D eigenvalue weighted by atomic mass is 15.1. The van der Waals surface area contributed by atoms with Crippen LogP contribution in [0.5, 0.6) is 0 Å². The van der Waals surface area contributed by atoms with Gasteiger partial charge in [-0.2, -0.15) is 0 Å². The van der Waals surface area contributed by atoms with Crippen molar-refractivity contribution in [2.75, 3.05) is 5.73 Å². The molecule has 0 fully saturated rings. The standard InChI is InChI=1S/C11H9N5/c12-10-6-8(2-4-13-10)9-7-15-11-14-3-1-5-16(9)11/h1-7H,(H2,12,13). The Morgan fingerprint density at radius 3 is 2.94 bits per heavy atom. The number of nitrogen functional groups attached to an aromatic ring is 1. The topological polar surface area (TPSA) is 69.1 Å². The number of aromatic nitrogens is 4. The smallest absolute Gasteiger partial charge is 0.234 e. The number of nitrogens with zero attached hydrogens (tertiary/aromatic N) is 4. The van der Waals surface area contributed by atoms with Gasteiger partial charge in [0.15, 0.2) is 0 Å². The summed E-state index contributed by atoms with van der Waals surface area (Å²) in [5.74, 6) is 1.17. The average Bonchev–Trinajstić information content (AvgIpc) is 2.72. The van der Waals surface area contributed by atoms with E-state index < -0.39 is 0 Å². The van der Waals surface area contributed by atoms with E-state index in [1.165, 1.54) is 0 Å². The van der Waals surface area contributed by atoms with Crippen LogP contribution in [0.1, 0.15) is 0 Å². The molecule has 0 radical (unpaired) electrons. The van der Waals surface area contributed by atoms with Crippen LogP contribution in [0.2, 0.25) is 0 Å². The van der Waals surface area contributed by atoms with Gasteiger partial charge in [0.1, 0.15) is 5.82 Å². The summed E-state index contributed by atoms with van der Waals surface area (Å²) in [5, 5.41) is 0. The molecule has 3 aromatic rings. The number of rotatable bonds is 1. The van der Waals surface area contributed by atoms with E-state index in [4.69, 9.17) is 5.73 Å². The van der Waals surface area contributed by atoms with Crippen LogP contribution >= 0.6 is 0 Å². The van der Waals surface area contributed by atoms with Gasteiger partial charge in [0.05, 0.1) is 11.9 Å². The fraction of sp³-hybridized carbons (Fsp3) is 0. The molecule has 3 aromatic heterocycles. The van der Waals surface area contributed by atoms with Crippen LogP contribution in [-0.4, -0.2) is 19.4 Å². The zero-order valence-corrected chi connectivity index (χ0v) is 8.41. The predicted molar refractivity (Wildman–Crippen MR) is 60.6 cm³/mol. The van der Waals surface area contributed by atoms with Crippen LogP contribution in [0.3, 0.4) is 0 Å². The molecule has 16 heavy (non-hydrogen) atoms. The molecule has 0 saturated carbocycles. The first kappa shape index (κ1) is 8.84. The maximum atomic E-state index is 5.65. The van der Waals surface area contributed by atoms with Gasteiger partial charge < -0.3 is 5.73 Å². The summed E-state index contributed by atoms with van der Waals surface area (Å²) in [4.78, 5) is 12.3. The molecule has 5 nitrogen and oxygen atoms in total. The highest BCUT2D eigenvalue weighted by Gasteiger charge is 2.05. The van der Waals surface area contributed by atoms with E-state index in [9.17, 15) is 0 Å². The van der Waals surface area contributed by atoms with E-state index in [0.717, 1.165) is 11.3 Å². The molecule has 0 aliphatic rings. The van der Waals surface area contributed by atoms with Crippen molar-refractivity contribution in [1.82, 2.24) is 19.4 Å². The third kappa shape index (κ3) is 1.30. The Bertz CT molecular complexity index is 643. The van der Waals surface area contributed by atoms with Gasteiger partial charge in [0.25, 0.3) is 0 Å². The zero-order valence-electron chi connectivity index (χ0n) is 8.41. The van der Waals surface area contributed by atoms with Crippen molar-refractivity contribution in [2.45, 2.75) is 0 Å². The molecule has 0 aliphatic carbocycles. The minimum absolute atomic E-state index is 0.497. The van der Waals surface area contributed by atoms with Crippen LogP contribution in [0, 0.1) is 0 Å². The van der Waals surface area contributed by atoms with Gasteiger partial charge in [0.2, 0.25) is 5.78 Å². The molecule has 5 heteroatoms. The molecule has 2 N–H and O–H groups in total. The largest absolute Gasteiger partial charge is 0.384 e. The quantitative estimate of drug-likeness (QED) is 0.660. The molecule has 3 rings (SSSR count). The molecule has 78 valence electrons. The van der Waals surface area contributed by atoms with Crippen LogP contribution < -0.4 is 5.73 Å². The first-order valence-corrected chi connectivity index (χ1v) is 4.84. The molecule has 0 aromatic carbocycles. The third-order valence-corrected chi connectivity index (χ3v) is 2.37. The van der Waals surface area contributed by atoms with Crippen LogP contribution in [-0.2, 0) is 0 Å². The zero-order chi connectivity index (χ0) is 11.0. The number of fused-ring (bicyclic) bond motifs is 1. The first-order valence-electron chi connectivity index (χ1n) is 4.84. The Balaban J connectivity index is 2.26. The van der Waals surface area contributed by atoms with E-state index in [1.54, 1.807) is 18.6 Å². The van der Waals surface area contributed by atoms with Crippen molar-refractivity contribution in [2.24, 2.45) is 0 Å². The van der Waals surface area contributed by atoms with Crippen molar-refractivity contribution >= 4 is 11.6 Å². The molecule has 0 saturated heterocycles. The normalized spacial score (nSPS) is 10.8. The maximum absolute atomic E-state index is 5.65. The number of hydrogen-bond acceptors (Lipinski definition) is 4. The SMILES string of the molecule is Nc1cc(-c2cnc3ncccn23)ccn1. The van der Waals surface area contributed by atoms with Crippen molar-refractivity contribution in [3.8, 4) is 11.3 Å². The highest BCUT2D eigenvalue weighted by Crippen LogP contribution is 2.20. The molecule has 0 spiro atoms. The number of hydrogen-bond donors (Lipinski definition) is 1. The summed E-state index contributed by atoms with van der Waals surface area (Å²) in [6.07, 6.45) is 7.09. The highest BCUT2D eigenvalue weighted by molar-refractivity contribution is 5.64. The number of nitrogens with two attached hydrogens (primary N) is 1. The molecular weight excluding hydrogens is 202 g/mol. The average molecular weight is 211 g/mol. The van der Waals surface area contributed by atoms with E-state index in [0.29, 0.717) is 11.6 Å². The Kier molecular flexibility index (Phi) is 1.83. The summed E-state index contributed by atoms with van der Waals surface area (Å²) in [7, 11) is 0. The Labute approximate surface area is 91.6 Å². The lowest BCUT2D eigenvalue weighted by molar-refractivity contribution is 1.11. The molecule has 0 unspecified atom stereocenters. The lowest BCUT2D eigenvalue weighted by Crippen LogP contribution is -1.92.